The van der Waals surface area contributed by atoms with Gasteiger partial charge in [0, 0.05) is 0 Å². The molecule has 0 aromatic heterocycles. The number of rotatable bonds is 6. The van der Waals surface area contributed by atoms with Crippen molar-refractivity contribution in [1.29, 1.82) is 0 Å². The van der Waals surface area contributed by atoms with E-state index in [1.54, 1.807) is 0 Å². The Morgan fingerprint density at radius 2 is 1.43 bits per heavy atom. The summed E-state index contributed by atoms with van der Waals surface area (Å²) >= 11 is 0. The summed E-state index contributed by atoms with van der Waals surface area (Å²) in [5, 5.41) is 0. The lowest BCUT2D eigenvalue weighted by Gasteiger charge is -2.26. The highest BCUT2D eigenvalue weighted by Gasteiger charge is 2.26. The monoisotopic (exact) mass is 303 g/mol. The van der Waals surface area contributed by atoms with Gasteiger partial charge >= 0.3 is 0 Å². The number of sulfonamides is 1. The minimum atomic E-state index is -3.34. The van der Waals surface area contributed by atoms with Crippen molar-refractivity contribution >= 4 is 10.0 Å². The van der Waals surface area contributed by atoms with Crippen molar-refractivity contribution in [3.63, 3.8) is 0 Å². The lowest BCUT2D eigenvalue weighted by atomic mass is 9.96. The van der Waals surface area contributed by atoms with Crippen LogP contribution in [-0.4, -0.2) is 14.2 Å². The first-order chi connectivity index (χ1) is 9.89. The second-order valence-electron chi connectivity index (χ2n) is 5.65. The third kappa shape index (κ3) is 4.69. The highest BCUT2D eigenvalue weighted by atomic mass is 32.2. The molecule has 0 spiro atoms. The van der Waals surface area contributed by atoms with E-state index in [9.17, 15) is 8.42 Å². The summed E-state index contributed by atoms with van der Waals surface area (Å²) < 4.78 is 27.4. The Kier molecular flexibility index (Phi) is 4.80. The molecule has 0 unspecified atom stereocenters. The lowest BCUT2D eigenvalue weighted by Crippen LogP contribution is -2.42. The Morgan fingerprint density at radius 3 is 2.00 bits per heavy atom. The summed E-state index contributed by atoms with van der Waals surface area (Å²) in [5.74, 6) is 0.0906. The molecule has 1 N–H and O–H groups in total. The largest absolute Gasteiger partial charge is 0.212 e. The van der Waals surface area contributed by atoms with Crippen molar-refractivity contribution in [2.45, 2.75) is 25.8 Å². The fourth-order valence-corrected chi connectivity index (χ4v) is 3.75. The molecule has 0 bridgehead atoms. The van der Waals surface area contributed by atoms with E-state index in [4.69, 9.17) is 0 Å². The molecule has 4 heteroatoms. The zero-order valence-corrected chi connectivity index (χ0v) is 13.2. The van der Waals surface area contributed by atoms with Crippen molar-refractivity contribution in [1.82, 2.24) is 4.72 Å². The van der Waals surface area contributed by atoms with Gasteiger partial charge in [-0.1, -0.05) is 60.7 Å². The van der Waals surface area contributed by atoms with Gasteiger partial charge in [-0.05, 0) is 31.4 Å². The van der Waals surface area contributed by atoms with E-state index in [-0.39, 0.29) is 5.75 Å². The first-order valence-corrected chi connectivity index (χ1v) is 8.65. The first kappa shape index (κ1) is 15.7. The summed E-state index contributed by atoms with van der Waals surface area (Å²) in [6.45, 7) is 3.75. The molecule has 0 fully saturated rings. The molecule has 2 rings (SSSR count). The standard InChI is InChI=1S/C17H21NO2S/c1-17(2,16-11-7-4-8-12-16)18-21(19,20)14-13-15-9-5-3-6-10-15/h3-12,18H,13-14H2,1-2H3. The second kappa shape index (κ2) is 6.41. The SMILES string of the molecule is CC(C)(NS(=O)(=O)CCc1ccccc1)c1ccccc1. The zero-order chi connectivity index (χ0) is 15.3. The Hall–Kier alpha value is -1.65. The van der Waals surface area contributed by atoms with E-state index in [1.807, 2.05) is 74.5 Å². The molecule has 112 valence electrons. The molecule has 3 nitrogen and oxygen atoms in total. The van der Waals surface area contributed by atoms with Gasteiger partial charge in [0.2, 0.25) is 10.0 Å². The molecule has 0 amide bonds. The summed E-state index contributed by atoms with van der Waals surface area (Å²) in [7, 11) is -3.34. The van der Waals surface area contributed by atoms with Gasteiger partial charge in [0.1, 0.15) is 0 Å². The minimum absolute atomic E-state index is 0.0906. The van der Waals surface area contributed by atoms with Gasteiger partial charge in [-0.3, -0.25) is 0 Å². The third-order valence-electron chi connectivity index (χ3n) is 3.41. The molecule has 0 atom stereocenters. The van der Waals surface area contributed by atoms with E-state index in [0.717, 1.165) is 11.1 Å². The zero-order valence-electron chi connectivity index (χ0n) is 12.4. The summed E-state index contributed by atoms with van der Waals surface area (Å²) in [6.07, 6.45) is 0.515. The highest BCUT2D eigenvalue weighted by Crippen LogP contribution is 2.20. The molecule has 21 heavy (non-hydrogen) atoms. The van der Waals surface area contributed by atoms with E-state index < -0.39 is 15.6 Å². The number of hydrogen-bond donors (Lipinski definition) is 1. The van der Waals surface area contributed by atoms with Crippen LogP contribution in [0.5, 0.6) is 0 Å². The molecule has 0 heterocycles. The van der Waals surface area contributed by atoms with Gasteiger partial charge in [-0.25, -0.2) is 13.1 Å². The van der Waals surface area contributed by atoms with Gasteiger partial charge in [-0.2, -0.15) is 0 Å². The van der Waals surface area contributed by atoms with E-state index in [1.165, 1.54) is 0 Å². The number of aryl methyl sites for hydroxylation is 1. The van der Waals surface area contributed by atoms with Crippen molar-refractivity contribution in [2.24, 2.45) is 0 Å². The van der Waals surface area contributed by atoms with Gasteiger partial charge in [0.15, 0.2) is 0 Å². The smallest absolute Gasteiger partial charge is 0.212 e. The average Bonchev–Trinajstić information content (AvgIpc) is 2.46. The van der Waals surface area contributed by atoms with Crippen molar-refractivity contribution < 1.29 is 8.42 Å². The Labute approximate surface area is 127 Å². The van der Waals surface area contributed by atoms with Crippen LogP contribution >= 0.6 is 0 Å². The molecule has 0 radical (unpaired) electrons. The lowest BCUT2D eigenvalue weighted by molar-refractivity contribution is 0.472. The quantitative estimate of drug-likeness (QED) is 0.891. The van der Waals surface area contributed by atoms with Crippen LogP contribution in [0.25, 0.3) is 0 Å². The summed E-state index contributed by atoms with van der Waals surface area (Å²) in [5.41, 5.74) is 1.37. The maximum Gasteiger partial charge on any atom is 0.212 e. The van der Waals surface area contributed by atoms with Gasteiger partial charge in [0.25, 0.3) is 0 Å². The fraction of sp³-hybridized carbons (Fsp3) is 0.294. The molecule has 0 aliphatic heterocycles. The maximum atomic E-state index is 12.3. The molecule has 0 aliphatic rings. The number of nitrogens with one attached hydrogen (secondary N) is 1. The fourth-order valence-electron chi connectivity index (χ4n) is 2.25. The molecule has 2 aromatic carbocycles. The average molecular weight is 303 g/mol. The minimum Gasteiger partial charge on any atom is -0.212 e. The molecule has 0 saturated carbocycles. The van der Waals surface area contributed by atoms with Crippen LogP contribution in [0.4, 0.5) is 0 Å². The second-order valence-corrected chi connectivity index (χ2v) is 7.49. The predicted octanol–water partition coefficient (Wildman–Crippen LogP) is 3.08. The van der Waals surface area contributed by atoms with Crippen molar-refractivity contribution in [3.8, 4) is 0 Å². The third-order valence-corrected chi connectivity index (χ3v) is 4.97. The molecule has 0 aliphatic carbocycles. The van der Waals surface area contributed by atoms with Crippen LogP contribution in [0.15, 0.2) is 60.7 Å². The molecule has 2 aromatic rings. The van der Waals surface area contributed by atoms with E-state index >= 15 is 0 Å². The molecule has 0 saturated heterocycles. The molecular formula is C17H21NO2S. The van der Waals surface area contributed by atoms with Gasteiger partial charge in [-0.15, -0.1) is 0 Å². The van der Waals surface area contributed by atoms with Crippen LogP contribution in [0.3, 0.4) is 0 Å². The van der Waals surface area contributed by atoms with Crippen LogP contribution in [0, 0.1) is 0 Å². The van der Waals surface area contributed by atoms with E-state index in [0.29, 0.717) is 6.42 Å². The van der Waals surface area contributed by atoms with Crippen LogP contribution < -0.4 is 4.72 Å². The summed E-state index contributed by atoms with van der Waals surface area (Å²) in [6, 6.07) is 19.3. The Morgan fingerprint density at radius 1 is 0.905 bits per heavy atom. The maximum absolute atomic E-state index is 12.3. The van der Waals surface area contributed by atoms with Crippen molar-refractivity contribution in [3.05, 3.63) is 71.8 Å². The topological polar surface area (TPSA) is 46.2 Å². The first-order valence-electron chi connectivity index (χ1n) is 7.00. The number of benzene rings is 2. The predicted molar refractivity (Wildman–Crippen MR) is 86.5 cm³/mol. The Balaban J connectivity index is 2.04. The van der Waals surface area contributed by atoms with Gasteiger partial charge < -0.3 is 0 Å². The van der Waals surface area contributed by atoms with Crippen LogP contribution in [-0.2, 0) is 22.0 Å². The molecular weight excluding hydrogens is 282 g/mol. The number of hydrogen-bond acceptors (Lipinski definition) is 2. The van der Waals surface area contributed by atoms with Crippen LogP contribution in [0.2, 0.25) is 0 Å². The van der Waals surface area contributed by atoms with Crippen LogP contribution in [0.1, 0.15) is 25.0 Å². The highest BCUT2D eigenvalue weighted by molar-refractivity contribution is 7.89. The van der Waals surface area contributed by atoms with E-state index in [2.05, 4.69) is 4.72 Å². The van der Waals surface area contributed by atoms with Gasteiger partial charge in [0.05, 0.1) is 11.3 Å². The summed E-state index contributed by atoms with van der Waals surface area (Å²) in [4.78, 5) is 0. The Bertz CT molecular complexity index is 664. The normalized spacial score (nSPS) is 12.3. The van der Waals surface area contributed by atoms with Crippen molar-refractivity contribution in [2.75, 3.05) is 5.75 Å².